The van der Waals surface area contributed by atoms with Crippen molar-refractivity contribution in [1.82, 2.24) is 9.80 Å². The van der Waals surface area contributed by atoms with Crippen LogP contribution in [0.1, 0.15) is 29.7 Å². The summed E-state index contributed by atoms with van der Waals surface area (Å²) in [7, 11) is 1.72. The second-order valence-corrected chi connectivity index (χ2v) is 11.6. The normalized spacial score (nSPS) is 32.1. The number of rotatable bonds is 4. The van der Waals surface area contributed by atoms with Crippen LogP contribution in [0.25, 0.3) is 0 Å². The molecular weight excluding hydrogens is 506 g/mol. The SMILES string of the molecule is Cc1ccc(C)c(N2CC=C[C@]34O[C@]5(C)C=CCN(C)C(=O)[C@@H]5[C@H]3C(=O)N([C@H](CO)c3ccccc3)C4C2=O)c1. The van der Waals surface area contributed by atoms with E-state index in [2.05, 4.69) is 0 Å². The molecule has 4 aliphatic heterocycles. The van der Waals surface area contributed by atoms with Crippen molar-refractivity contribution >= 4 is 23.4 Å². The van der Waals surface area contributed by atoms with Gasteiger partial charge in [0, 0.05) is 25.8 Å². The molecule has 2 aromatic carbocycles. The third kappa shape index (κ3) is 3.69. The van der Waals surface area contributed by atoms with E-state index in [4.69, 9.17) is 4.74 Å². The summed E-state index contributed by atoms with van der Waals surface area (Å²) in [6, 6.07) is 13.3. The average molecular weight is 542 g/mol. The minimum absolute atomic E-state index is 0.194. The summed E-state index contributed by atoms with van der Waals surface area (Å²) in [6.07, 6.45) is 7.47. The Balaban J connectivity index is 1.56. The van der Waals surface area contributed by atoms with Gasteiger partial charge in [0.2, 0.25) is 11.8 Å². The van der Waals surface area contributed by atoms with Gasteiger partial charge >= 0.3 is 0 Å². The van der Waals surface area contributed by atoms with Crippen LogP contribution >= 0.6 is 0 Å². The lowest BCUT2D eigenvalue weighted by atomic mass is 9.74. The topological polar surface area (TPSA) is 90.4 Å². The third-order valence-electron chi connectivity index (χ3n) is 9.04. The van der Waals surface area contributed by atoms with Crippen LogP contribution in [0, 0.1) is 25.7 Å². The molecular formula is C32H35N3O5. The highest BCUT2D eigenvalue weighted by Crippen LogP contribution is 2.58. The van der Waals surface area contributed by atoms with Crippen LogP contribution in [0.2, 0.25) is 0 Å². The first-order valence-corrected chi connectivity index (χ1v) is 13.8. The number of ether oxygens (including phenoxy) is 1. The molecule has 208 valence electrons. The molecule has 1 unspecified atom stereocenters. The van der Waals surface area contributed by atoms with E-state index in [1.165, 1.54) is 4.90 Å². The van der Waals surface area contributed by atoms with Gasteiger partial charge in [-0.3, -0.25) is 14.4 Å². The molecule has 0 bridgehead atoms. The molecule has 0 aliphatic carbocycles. The number of benzene rings is 2. The summed E-state index contributed by atoms with van der Waals surface area (Å²) < 4.78 is 6.87. The fourth-order valence-corrected chi connectivity index (χ4v) is 7.17. The molecule has 0 radical (unpaired) electrons. The van der Waals surface area contributed by atoms with Crippen LogP contribution in [0.3, 0.4) is 0 Å². The maximum Gasteiger partial charge on any atom is 0.253 e. The Kier molecular flexibility index (Phi) is 6.23. The molecule has 4 heterocycles. The second-order valence-electron chi connectivity index (χ2n) is 11.6. The Morgan fingerprint density at radius 1 is 0.950 bits per heavy atom. The van der Waals surface area contributed by atoms with E-state index >= 15 is 0 Å². The number of likely N-dealkylation sites (tertiary alicyclic amines) is 1. The number of aliphatic hydroxyl groups excluding tert-OH is 1. The predicted molar refractivity (Wildman–Crippen MR) is 150 cm³/mol. The third-order valence-corrected chi connectivity index (χ3v) is 9.04. The van der Waals surface area contributed by atoms with Gasteiger partial charge in [-0.2, -0.15) is 0 Å². The van der Waals surface area contributed by atoms with Gasteiger partial charge in [0.1, 0.15) is 11.6 Å². The van der Waals surface area contributed by atoms with Crippen molar-refractivity contribution in [3.8, 4) is 0 Å². The van der Waals surface area contributed by atoms with Crippen molar-refractivity contribution in [1.29, 1.82) is 0 Å². The molecule has 4 aliphatic rings. The summed E-state index contributed by atoms with van der Waals surface area (Å²) in [5.41, 5.74) is 0.947. The lowest BCUT2D eigenvalue weighted by Gasteiger charge is -2.40. The maximum absolute atomic E-state index is 14.8. The number of hydrogen-bond acceptors (Lipinski definition) is 5. The molecule has 2 saturated heterocycles. The number of nitrogens with zero attached hydrogens (tertiary/aromatic N) is 3. The van der Waals surface area contributed by atoms with Crippen molar-refractivity contribution in [3.63, 3.8) is 0 Å². The number of anilines is 1. The van der Waals surface area contributed by atoms with Gasteiger partial charge in [-0.1, -0.05) is 66.8 Å². The Morgan fingerprint density at radius 3 is 2.40 bits per heavy atom. The van der Waals surface area contributed by atoms with Crippen molar-refractivity contribution in [3.05, 3.63) is 89.5 Å². The van der Waals surface area contributed by atoms with Crippen LogP contribution in [0.4, 0.5) is 5.69 Å². The highest BCUT2D eigenvalue weighted by Gasteiger charge is 2.75. The maximum atomic E-state index is 14.8. The lowest BCUT2D eigenvalue weighted by molar-refractivity contribution is -0.151. The molecule has 1 N–H and O–H groups in total. The molecule has 6 rings (SSSR count). The summed E-state index contributed by atoms with van der Waals surface area (Å²) in [5, 5.41) is 10.7. The number of aryl methyl sites for hydroxylation is 2. The Morgan fingerprint density at radius 2 is 1.68 bits per heavy atom. The van der Waals surface area contributed by atoms with E-state index in [0.717, 1.165) is 16.8 Å². The van der Waals surface area contributed by atoms with Crippen molar-refractivity contribution in [2.24, 2.45) is 11.8 Å². The number of likely N-dealkylation sites (N-methyl/N-ethyl adjacent to an activating group) is 1. The number of hydrogen-bond donors (Lipinski definition) is 1. The van der Waals surface area contributed by atoms with E-state index in [-0.39, 0.29) is 24.3 Å². The largest absolute Gasteiger partial charge is 0.394 e. The molecule has 6 atom stereocenters. The van der Waals surface area contributed by atoms with E-state index < -0.39 is 35.1 Å². The molecule has 2 fully saturated rings. The minimum atomic E-state index is -1.39. The quantitative estimate of drug-likeness (QED) is 0.602. The molecule has 0 aromatic heterocycles. The monoisotopic (exact) mass is 541 g/mol. The fourth-order valence-electron chi connectivity index (χ4n) is 7.17. The first-order valence-electron chi connectivity index (χ1n) is 13.8. The molecule has 2 aromatic rings. The summed E-state index contributed by atoms with van der Waals surface area (Å²) in [6.45, 7) is 6.08. The van der Waals surface area contributed by atoms with Gasteiger partial charge in [-0.25, -0.2) is 0 Å². The number of amides is 3. The second kappa shape index (κ2) is 9.42. The average Bonchev–Trinajstić information content (AvgIpc) is 3.21. The first kappa shape index (κ1) is 26.5. The van der Waals surface area contributed by atoms with Crippen LogP contribution in [-0.2, 0) is 19.1 Å². The summed E-state index contributed by atoms with van der Waals surface area (Å²) in [5.74, 6) is -2.61. The van der Waals surface area contributed by atoms with Crippen molar-refractivity contribution in [2.45, 2.75) is 44.1 Å². The van der Waals surface area contributed by atoms with Crippen molar-refractivity contribution in [2.75, 3.05) is 31.6 Å². The predicted octanol–water partition coefficient (Wildman–Crippen LogP) is 2.94. The van der Waals surface area contributed by atoms with Crippen molar-refractivity contribution < 1.29 is 24.2 Å². The van der Waals surface area contributed by atoms with E-state index in [1.54, 1.807) is 16.8 Å². The zero-order valence-corrected chi connectivity index (χ0v) is 23.3. The van der Waals surface area contributed by atoms with Gasteiger partial charge in [0.05, 0.1) is 30.1 Å². The van der Waals surface area contributed by atoms with Crippen LogP contribution in [-0.4, -0.2) is 76.6 Å². The highest BCUT2D eigenvalue weighted by molar-refractivity contribution is 6.06. The molecule has 8 heteroatoms. The number of fused-ring (bicyclic) bond motifs is 2. The van der Waals surface area contributed by atoms with E-state index in [1.807, 2.05) is 93.6 Å². The van der Waals surface area contributed by atoms with E-state index in [9.17, 15) is 19.5 Å². The number of aliphatic hydroxyl groups is 1. The first-order chi connectivity index (χ1) is 19.1. The molecule has 8 nitrogen and oxygen atoms in total. The Bertz CT molecular complexity index is 1440. The zero-order valence-electron chi connectivity index (χ0n) is 23.3. The van der Waals surface area contributed by atoms with Gasteiger partial charge in [0.25, 0.3) is 5.91 Å². The van der Waals surface area contributed by atoms with E-state index in [0.29, 0.717) is 18.7 Å². The Hall–Kier alpha value is -3.75. The zero-order chi connectivity index (χ0) is 28.4. The lowest BCUT2D eigenvalue weighted by Crippen LogP contribution is -2.57. The Labute approximate surface area is 234 Å². The van der Waals surface area contributed by atoms with Gasteiger partial charge in [-0.15, -0.1) is 0 Å². The van der Waals surface area contributed by atoms with Gasteiger partial charge in [0.15, 0.2) is 0 Å². The van der Waals surface area contributed by atoms with Gasteiger partial charge < -0.3 is 24.5 Å². The number of carbonyl (C=O) groups excluding carboxylic acids is 3. The summed E-state index contributed by atoms with van der Waals surface area (Å²) in [4.78, 5) is 48.0. The highest BCUT2D eigenvalue weighted by atomic mass is 16.5. The molecule has 3 amide bonds. The molecule has 40 heavy (non-hydrogen) atoms. The fraction of sp³-hybridized carbons (Fsp3) is 0.406. The van der Waals surface area contributed by atoms with Crippen LogP contribution in [0.5, 0.6) is 0 Å². The summed E-state index contributed by atoms with van der Waals surface area (Å²) >= 11 is 0. The minimum Gasteiger partial charge on any atom is -0.394 e. The standard InChI is InChI=1S/C32H35N3O5/c1-20-12-13-21(2)23(18-20)34-17-9-15-32-26(25-28(37)33(4)16-8-14-31(25,3)40-32)29(38)35(27(32)30(34)39)24(19-36)22-10-6-5-7-11-22/h5-15,18,24-27,36H,16-17,19H2,1-4H3/t24-,25+,26+,27?,31-,32+/m1/s1. The van der Waals surface area contributed by atoms with Crippen LogP contribution < -0.4 is 4.90 Å². The van der Waals surface area contributed by atoms with Gasteiger partial charge in [-0.05, 0) is 43.5 Å². The molecule has 1 spiro atoms. The number of carbonyl (C=O) groups is 3. The smallest absolute Gasteiger partial charge is 0.253 e. The molecule has 0 saturated carbocycles. The van der Waals surface area contributed by atoms with Crippen LogP contribution in [0.15, 0.2) is 72.8 Å².